The van der Waals surface area contributed by atoms with E-state index in [-0.39, 0.29) is 11.6 Å². The van der Waals surface area contributed by atoms with Gasteiger partial charge in [0.05, 0.1) is 5.56 Å². The molecule has 4 nitrogen and oxygen atoms in total. The number of halogens is 3. The largest absolute Gasteiger partial charge is 0.416 e. The van der Waals surface area contributed by atoms with Crippen molar-refractivity contribution in [3.05, 3.63) is 59.7 Å². The molecule has 1 heterocycles. The van der Waals surface area contributed by atoms with Crippen molar-refractivity contribution in [3.63, 3.8) is 0 Å². The average molecular weight is 348 g/mol. The number of amides is 2. The maximum absolute atomic E-state index is 12.7. The van der Waals surface area contributed by atoms with E-state index >= 15 is 0 Å². The number of rotatable bonds is 3. The van der Waals surface area contributed by atoms with Crippen LogP contribution in [0.4, 0.5) is 24.5 Å². The Hall–Kier alpha value is -2.83. The molecule has 2 aromatic rings. The second-order valence-electron chi connectivity index (χ2n) is 5.73. The second-order valence-corrected chi connectivity index (χ2v) is 5.73. The number of carbonyl (C=O) groups is 2. The Labute approximate surface area is 142 Å². The minimum absolute atomic E-state index is 0.00875. The van der Waals surface area contributed by atoms with Crippen LogP contribution in [0, 0.1) is 0 Å². The zero-order valence-electron chi connectivity index (χ0n) is 13.1. The molecule has 130 valence electrons. The van der Waals surface area contributed by atoms with Gasteiger partial charge in [0, 0.05) is 17.9 Å². The van der Waals surface area contributed by atoms with Crippen molar-refractivity contribution >= 4 is 23.2 Å². The summed E-state index contributed by atoms with van der Waals surface area (Å²) in [6.45, 7) is 0.495. The summed E-state index contributed by atoms with van der Waals surface area (Å²) < 4.78 is 38.1. The average Bonchev–Trinajstić information content (AvgIpc) is 2.98. The summed E-state index contributed by atoms with van der Waals surface area (Å²) in [5.74, 6) is -1.02. The molecule has 0 aromatic heterocycles. The van der Waals surface area contributed by atoms with Gasteiger partial charge in [0.25, 0.3) is 0 Å². The highest BCUT2D eigenvalue weighted by molar-refractivity contribution is 6.09. The molecule has 0 aliphatic carbocycles. The van der Waals surface area contributed by atoms with E-state index in [1.165, 1.54) is 17.0 Å². The van der Waals surface area contributed by atoms with Crippen LogP contribution in [0.5, 0.6) is 0 Å². The van der Waals surface area contributed by atoms with E-state index in [1.807, 2.05) is 24.3 Å². The summed E-state index contributed by atoms with van der Waals surface area (Å²) in [6, 6.07) is 11.7. The molecule has 0 radical (unpaired) electrons. The Morgan fingerprint density at radius 2 is 1.84 bits per heavy atom. The van der Waals surface area contributed by atoms with Gasteiger partial charge in [-0.3, -0.25) is 9.59 Å². The molecule has 7 heteroatoms. The van der Waals surface area contributed by atoms with E-state index in [0.717, 1.165) is 29.8 Å². The van der Waals surface area contributed by atoms with Crippen molar-refractivity contribution < 1.29 is 22.8 Å². The van der Waals surface area contributed by atoms with Gasteiger partial charge in [0.15, 0.2) is 0 Å². The molecule has 2 amide bonds. The third-order valence-corrected chi connectivity index (χ3v) is 3.97. The van der Waals surface area contributed by atoms with E-state index in [1.54, 1.807) is 0 Å². The smallest absolute Gasteiger partial charge is 0.326 e. The molecule has 0 bridgehead atoms. The number of anilines is 2. The fourth-order valence-corrected chi connectivity index (χ4v) is 2.81. The van der Waals surface area contributed by atoms with Crippen LogP contribution in [0.1, 0.15) is 17.5 Å². The normalized spacial score (nSPS) is 13.5. The van der Waals surface area contributed by atoms with Gasteiger partial charge in [-0.25, -0.2) is 0 Å². The van der Waals surface area contributed by atoms with E-state index in [2.05, 4.69) is 5.32 Å². The lowest BCUT2D eigenvalue weighted by atomic mass is 10.2. The number of alkyl halides is 3. The van der Waals surface area contributed by atoms with Crippen LogP contribution in [0.2, 0.25) is 0 Å². The molecule has 1 aliphatic rings. The second kappa shape index (κ2) is 6.58. The number of para-hydroxylation sites is 1. The lowest BCUT2D eigenvalue weighted by molar-refractivity contribution is -0.137. The summed E-state index contributed by atoms with van der Waals surface area (Å²) in [5, 5.41) is 2.35. The molecule has 0 saturated heterocycles. The first-order valence-corrected chi connectivity index (χ1v) is 7.70. The molecule has 1 aliphatic heterocycles. The molecule has 25 heavy (non-hydrogen) atoms. The Morgan fingerprint density at radius 1 is 1.08 bits per heavy atom. The number of carbonyl (C=O) groups excluding carboxylic acids is 2. The monoisotopic (exact) mass is 348 g/mol. The number of hydrogen-bond acceptors (Lipinski definition) is 2. The molecular formula is C18H15F3N2O2. The van der Waals surface area contributed by atoms with Gasteiger partial charge in [-0.15, -0.1) is 0 Å². The van der Waals surface area contributed by atoms with Gasteiger partial charge in [-0.2, -0.15) is 13.2 Å². The number of fused-ring (bicyclic) bond motifs is 1. The molecule has 0 spiro atoms. The number of nitrogens with zero attached hydrogens (tertiary/aromatic N) is 1. The van der Waals surface area contributed by atoms with Gasteiger partial charge in [0.2, 0.25) is 11.8 Å². The van der Waals surface area contributed by atoms with E-state index in [9.17, 15) is 22.8 Å². The highest BCUT2D eigenvalue weighted by Gasteiger charge is 2.30. The van der Waals surface area contributed by atoms with Gasteiger partial charge < -0.3 is 10.2 Å². The van der Waals surface area contributed by atoms with Crippen LogP contribution >= 0.6 is 0 Å². The molecule has 0 atom stereocenters. The predicted molar refractivity (Wildman–Crippen MR) is 87.2 cm³/mol. The van der Waals surface area contributed by atoms with Gasteiger partial charge in [0.1, 0.15) is 6.42 Å². The standard InChI is InChI=1S/C18H15F3N2O2/c19-18(20,21)13-5-3-6-14(10-13)22-16(24)11-17(25)23-9-8-12-4-1-2-7-15(12)23/h1-7,10H,8-9,11H2,(H,22,24). The van der Waals surface area contributed by atoms with E-state index in [0.29, 0.717) is 6.54 Å². The molecule has 0 fully saturated rings. The fraction of sp³-hybridized carbons (Fsp3) is 0.222. The molecular weight excluding hydrogens is 333 g/mol. The van der Waals surface area contributed by atoms with Gasteiger partial charge in [-0.05, 0) is 36.2 Å². The van der Waals surface area contributed by atoms with Crippen molar-refractivity contribution in [2.24, 2.45) is 0 Å². The fourth-order valence-electron chi connectivity index (χ4n) is 2.81. The Morgan fingerprint density at radius 3 is 2.60 bits per heavy atom. The molecule has 2 aromatic carbocycles. The van der Waals surface area contributed by atoms with Gasteiger partial charge in [-0.1, -0.05) is 24.3 Å². The number of benzene rings is 2. The summed E-state index contributed by atoms with van der Waals surface area (Å²) in [7, 11) is 0. The Balaban J connectivity index is 1.65. The first-order valence-electron chi connectivity index (χ1n) is 7.70. The predicted octanol–water partition coefficient (Wildman–Crippen LogP) is 3.62. The van der Waals surface area contributed by atoms with E-state index < -0.39 is 24.1 Å². The number of hydrogen-bond donors (Lipinski definition) is 1. The van der Waals surface area contributed by atoms with Crippen molar-refractivity contribution in [3.8, 4) is 0 Å². The first-order chi connectivity index (χ1) is 11.8. The minimum atomic E-state index is -4.49. The van der Waals surface area contributed by atoms with Crippen molar-refractivity contribution in [2.45, 2.75) is 19.0 Å². The van der Waals surface area contributed by atoms with Crippen LogP contribution < -0.4 is 10.2 Å². The van der Waals surface area contributed by atoms with Crippen molar-refractivity contribution in [1.29, 1.82) is 0 Å². The molecule has 0 saturated carbocycles. The maximum Gasteiger partial charge on any atom is 0.416 e. The summed E-state index contributed by atoms with van der Waals surface area (Å²) >= 11 is 0. The van der Waals surface area contributed by atoms with Crippen LogP contribution in [0.15, 0.2) is 48.5 Å². The third kappa shape index (κ3) is 3.81. The lowest BCUT2D eigenvalue weighted by Gasteiger charge is -2.17. The lowest BCUT2D eigenvalue weighted by Crippen LogP contribution is -2.32. The van der Waals surface area contributed by atoms with Crippen molar-refractivity contribution in [2.75, 3.05) is 16.8 Å². The summed E-state index contributed by atoms with van der Waals surface area (Å²) in [5.41, 5.74) is 0.966. The summed E-state index contributed by atoms with van der Waals surface area (Å²) in [4.78, 5) is 25.9. The van der Waals surface area contributed by atoms with Crippen LogP contribution in [0.3, 0.4) is 0 Å². The molecule has 3 rings (SSSR count). The Kier molecular flexibility index (Phi) is 4.48. The maximum atomic E-state index is 12.7. The third-order valence-electron chi connectivity index (χ3n) is 3.97. The highest BCUT2D eigenvalue weighted by atomic mass is 19.4. The SMILES string of the molecule is O=C(CC(=O)N1CCc2ccccc21)Nc1cccc(C(F)(F)F)c1. The molecule has 0 unspecified atom stereocenters. The molecule has 1 N–H and O–H groups in total. The Bertz CT molecular complexity index is 818. The zero-order valence-corrected chi connectivity index (χ0v) is 13.1. The minimum Gasteiger partial charge on any atom is -0.326 e. The first kappa shape index (κ1) is 17.0. The zero-order chi connectivity index (χ0) is 18.0. The van der Waals surface area contributed by atoms with Crippen LogP contribution in [-0.4, -0.2) is 18.4 Å². The van der Waals surface area contributed by atoms with E-state index in [4.69, 9.17) is 0 Å². The van der Waals surface area contributed by atoms with Crippen molar-refractivity contribution in [1.82, 2.24) is 0 Å². The van der Waals surface area contributed by atoms with Crippen LogP contribution in [0.25, 0.3) is 0 Å². The summed E-state index contributed by atoms with van der Waals surface area (Å²) in [6.07, 6.45) is -4.20. The quantitative estimate of drug-likeness (QED) is 0.862. The van der Waals surface area contributed by atoms with Crippen LogP contribution in [-0.2, 0) is 22.2 Å². The topological polar surface area (TPSA) is 49.4 Å². The number of nitrogens with one attached hydrogen (secondary N) is 1. The van der Waals surface area contributed by atoms with Gasteiger partial charge >= 0.3 is 6.18 Å². The highest BCUT2D eigenvalue weighted by Crippen LogP contribution is 2.31.